The molecule has 0 radical (unpaired) electrons. The van der Waals surface area contributed by atoms with Crippen molar-refractivity contribution in [1.82, 2.24) is 0 Å². The van der Waals surface area contributed by atoms with Crippen LogP contribution in [0.25, 0.3) is 0 Å². The number of aliphatic hydroxyl groups is 1. The Labute approximate surface area is 221 Å². The van der Waals surface area contributed by atoms with Gasteiger partial charge in [-0.15, -0.1) is 0 Å². The van der Waals surface area contributed by atoms with E-state index < -0.39 is 5.60 Å². The molecule has 0 aromatic heterocycles. The number of hydrogen-bond acceptors (Lipinski definition) is 7. The van der Waals surface area contributed by atoms with Gasteiger partial charge in [-0.3, -0.25) is 0 Å². The van der Waals surface area contributed by atoms with Gasteiger partial charge in [0.05, 0.1) is 30.0 Å². The van der Waals surface area contributed by atoms with E-state index in [0.717, 1.165) is 63.4 Å². The molecule has 2 aliphatic heterocycles. The molecule has 7 heteroatoms. The summed E-state index contributed by atoms with van der Waals surface area (Å²) in [6.07, 6.45) is 11.7. The molecule has 1 saturated heterocycles. The Morgan fingerprint density at radius 1 is 1.05 bits per heavy atom. The number of fused-ring (bicyclic) bond motifs is 5. The van der Waals surface area contributed by atoms with Crippen molar-refractivity contribution in [3.63, 3.8) is 0 Å². The van der Waals surface area contributed by atoms with Crippen LogP contribution in [-0.4, -0.2) is 61.0 Å². The normalized spacial score (nSPS) is 53.6. The van der Waals surface area contributed by atoms with Crippen LogP contribution in [0.3, 0.4) is 0 Å². The topological polar surface area (TPSA) is 100 Å². The third-order valence-electron chi connectivity index (χ3n) is 12.3. The minimum absolute atomic E-state index is 0.0322. The molecule has 6 rings (SSSR count). The molecule has 12 atom stereocenters. The molecule has 3 N–H and O–H groups in total. The summed E-state index contributed by atoms with van der Waals surface area (Å²) in [6.45, 7) is 7.22. The predicted octanol–water partition coefficient (Wildman–Crippen LogP) is 4.11. The van der Waals surface area contributed by atoms with Crippen molar-refractivity contribution < 1.29 is 28.8 Å². The van der Waals surface area contributed by atoms with Crippen molar-refractivity contribution in [1.29, 1.82) is 0 Å². The van der Waals surface area contributed by atoms with E-state index in [1.54, 1.807) is 13.2 Å². The Bertz CT molecular complexity index is 939. The zero-order valence-corrected chi connectivity index (χ0v) is 23.1. The first-order valence-corrected chi connectivity index (χ1v) is 14.8. The van der Waals surface area contributed by atoms with Crippen LogP contribution in [0.5, 0.6) is 0 Å². The highest BCUT2D eigenvalue weighted by molar-refractivity contribution is 5.85. The minimum atomic E-state index is -0.658. The Morgan fingerprint density at radius 2 is 1.86 bits per heavy atom. The zero-order valence-electron chi connectivity index (χ0n) is 23.1. The second-order valence-corrected chi connectivity index (χ2v) is 13.7. The predicted molar refractivity (Wildman–Crippen MR) is 138 cm³/mol. The fourth-order valence-electron chi connectivity index (χ4n) is 10.1. The number of methoxy groups -OCH3 is 1. The summed E-state index contributed by atoms with van der Waals surface area (Å²) in [5, 5.41) is 12.4. The van der Waals surface area contributed by atoms with E-state index >= 15 is 0 Å². The lowest BCUT2D eigenvalue weighted by atomic mass is 9.43. The quantitative estimate of drug-likeness (QED) is 0.428. The zero-order chi connectivity index (χ0) is 26.2. The van der Waals surface area contributed by atoms with E-state index in [1.807, 2.05) is 6.92 Å². The second kappa shape index (κ2) is 9.29. The number of carbonyl (C=O) groups is 1. The maximum absolute atomic E-state index is 12.4. The van der Waals surface area contributed by atoms with Gasteiger partial charge in [0.15, 0.2) is 6.29 Å². The van der Waals surface area contributed by atoms with Gasteiger partial charge in [0, 0.05) is 25.0 Å². The van der Waals surface area contributed by atoms with Gasteiger partial charge >= 0.3 is 5.97 Å². The molecule has 5 fully saturated rings. The van der Waals surface area contributed by atoms with Crippen molar-refractivity contribution in [2.75, 3.05) is 13.7 Å². The van der Waals surface area contributed by atoms with Gasteiger partial charge in [-0.05, 0) is 99.4 Å². The number of ether oxygens (including phenoxy) is 4. The van der Waals surface area contributed by atoms with Gasteiger partial charge in [0.25, 0.3) is 0 Å². The molecule has 208 valence electrons. The van der Waals surface area contributed by atoms with Crippen molar-refractivity contribution in [2.45, 2.75) is 121 Å². The van der Waals surface area contributed by atoms with Crippen LogP contribution in [0.15, 0.2) is 11.6 Å². The van der Waals surface area contributed by atoms with E-state index in [2.05, 4.69) is 13.8 Å². The van der Waals surface area contributed by atoms with Gasteiger partial charge in [-0.2, -0.15) is 0 Å². The average molecular weight is 518 g/mol. The number of rotatable bonds is 4. The lowest BCUT2D eigenvalue weighted by Gasteiger charge is -2.64. The van der Waals surface area contributed by atoms with Gasteiger partial charge in [-0.1, -0.05) is 13.8 Å². The van der Waals surface area contributed by atoms with Crippen LogP contribution in [0, 0.1) is 34.5 Å². The molecular formula is C30H47NO6. The van der Waals surface area contributed by atoms with Crippen molar-refractivity contribution in [3.05, 3.63) is 11.6 Å². The SMILES string of the molecule is CO[C@H]1C[C@H](O[C@H]2CC[C@@]3(C)[C@@H](CC[C@@H]4[C@@H]3CC[C@]3(C)[C@H](C5=CC(=O)OC5)CC[C@]43O)C2)O[C@@H](C)[C@@H]1N. The Morgan fingerprint density at radius 3 is 2.59 bits per heavy atom. The molecule has 6 aliphatic rings. The molecule has 0 bridgehead atoms. The highest BCUT2D eigenvalue weighted by Crippen LogP contribution is 2.70. The van der Waals surface area contributed by atoms with E-state index in [9.17, 15) is 9.90 Å². The van der Waals surface area contributed by atoms with Crippen LogP contribution in [0.2, 0.25) is 0 Å². The van der Waals surface area contributed by atoms with E-state index in [-0.39, 0.29) is 53.4 Å². The smallest absolute Gasteiger partial charge is 0.331 e. The summed E-state index contributed by atoms with van der Waals surface area (Å²) >= 11 is 0. The summed E-state index contributed by atoms with van der Waals surface area (Å²) in [6, 6.07) is -0.120. The fourth-order valence-corrected chi connectivity index (χ4v) is 10.1. The summed E-state index contributed by atoms with van der Waals surface area (Å²) < 4.78 is 23.5. The van der Waals surface area contributed by atoms with E-state index in [4.69, 9.17) is 24.7 Å². The monoisotopic (exact) mass is 517 g/mol. The molecule has 0 aromatic carbocycles. The molecular weight excluding hydrogens is 470 g/mol. The number of hydrogen-bond donors (Lipinski definition) is 2. The number of cyclic esters (lactones) is 1. The minimum Gasteiger partial charge on any atom is -0.458 e. The second-order valence-electron chi connectivity index (χ2n) is 13.7. The number of nitrogens with two attached hydrogens (primary N) is 1. The van der Waals surface area contributed by atoms with Crippen LogP contribution < -0.4 is 5.73 Å². The average Bonchev–Trinajstić information content (AvgIpc) is 3.41. The first-order chi connectivity index (χ1) is 17.6. The van der Waals surface area contributed by atoms with E-state index in [0.29, 0.717) is 30.8 Å². The Balaban J connectivity index is 1.15. The first-order valence-electron chi connectivity index (χ1n) is 14.8. The standard InChI is InChI=1S/C30H47NO6/c1-17-27(31)24(34-4)15-26(36-17)37-20-7-10-28(2)19(14-20)5-6-23-22(28)8-11-29(3)21(9-12-30(23,29)33)18-13-25(32)35-16-18/h13,17,19-24,26-27,33H,5-12,14-16,31H2,1-4H3/t17-,19-,20-,21-,22-,23+,24-,26-,27-,28-,29+,30-/m0/s1. The van der Waals surface area contributed by atoms with Crippen LogP contribution >= 0.6 is 0 Å². The summed E-state index contributed by atoms with van der Waals surface area (Å²) in [7, 11) is 1.72. The maximum atomic E-state index is 12.4. The van der Waals surface area contributed by atoms with Gasteiger partial charge in [0.2, 0.25) is 0 Å². The largest absolute Gasteiger partial charge is 0.458 e. The van der Waals surface area contributed by atoms with Crippen LogP contribution in [-0.2, 0) is 23.7 Å². The molecule has 0 unspecified atom stereocenters. The highest BCUT2D eigenvalue weighted by Gasteiger charge is 2.67. The summed E-state index contributed by atoms with van der Waals surface area (Å²) in [5.74, 6) is 1.52. The van der Waals surface area contributed by atoms with Crippen LogP contribution in [0.1, 0.15) is 85.0 Å². The lowest BCUT2D eigenvalue weighted by molar-refractivity contribution is -0.254. The number of esters is 1. The third-order valence-corrected chi connectivity index (χ3v) is 12.3. The van der Waals surface area contributed by atoms with Crippen molar-refractivity contribution in [3.8, 4) is 0 Å². The molecule has 4 aliphatic carbocycles. The van der Waals surface area contributed by atoms with E-state index in [1.165, 1.54) is 0 Å². The lowest BCUT2D eigenvalue weighted by Crippen LogP contribution is -2.62. The number of carbonyl (C=O) groups excluding carboxylic acids is 1. The molecule has 2 heterocycles. The van der Waals surface area contributed by atoms with Crippen molar-refractivity contribution in [2.24, 2.45) is 40.2 Å². The third kappa shape index (κ3) is 3.97. The first kappa shape index (κ1) is 26.2. The molecule has 37 heavy (non-hydrogen) atoms. The fraction of sp³-hybridized carbons (Fsp3) is 0.900. The molecule has 0 aromatic rings. The molecule has 0 amide bonds. The van der Waals surface area contributed by atoms with Crippen molar-refractivity contribution >= 4 is 5.97 Å². The highest BCUT2D eigenvalue weighted by atomic mass is 16.7. The van der Waals surface area contributed by atoms with Gasteiger partial charge in [0.1, 0.15) is 6.61 Å². The van der Waals surface area contributed by atoms with Gasteiger partial charge in [-0.25, -0.2) is 4.79 Å². The molecule has 7 nitrogen and oxygen atoms in total. The Kier molecular flexibility index (Phi) is 6.59. The van der Waals surface area contributed by atoms with Gasteiger partial charge < -0.3 is 29.8 Å². The summed E-state index contributed by atoms with van der Waals surface area (Å²) in [5.41, 5.74) is 6.76. The van der Waals surface area contributed by atoms with Crippen LogP contribution in [0.4, 0.5) is 0 Å². The Hall–Kier alpha value is -0.990. The molecule has 0 spiro atoms. The maximum Gasteiger partial charge on any atom is 0.331 e. The summed E-state index contributed by atoms with van der Waals surface area (Å²) in [4.78, 5) is 11.8. The molecule has 4 saturated carbocycles.